The Hall–Kier alpha value is -2.69. The number of anilines is 1. The lowest BCUT2D eigenvalue weighted by Gasteiger charge is -2.18. The average Bonchev–Trinajstić information content (AvgIpc) is 2.45. The van der Waals surface area contributed by atoms with Gasteiger partial charge in [-0.05, 0) is 12.3 Å². The highest BCUT2D eigenvalue weighted by Gasteiger charge is 2.25. The number of carbonyl (C=O) groups excluding carboxylic acids is 1. The standard InChI is InChI=1S/C13H16N4O4/c1-8(2)4-10(13(18)21-3)16-12-11(17(19)20)5-9(6-14)7-15-12/h5,7-8,10H,4H2,1-3H3,(H,15,16). The Kier molecular flexibility index (Phi) is 5.60. The van der Waals surface area contributed by atoms with Gasteiger partial charge >= 0.3 is 11.7 Å². The summed E-state index contributed by atoms with van der Waals surface area (Å²) in [7, 11) is 1.25. The fraction of sp³-hybridized carbons (Fsp3) is 0.462. The molecule has 1 unspecified atom stereocenters. The van der Waals surface area contributed by atoms with E-state index in [1.807, 2.05) is 13.8 Å². The van der Waals surface area contributed by atoms with Crippen LogP contribution in [-0.2, 0) is 9.53 Å². The smallest absolute Gasteiger partial charge is 0.328 e. The number of hydrogen-bond donors (Lipinski definition) is 1. The van der Waals surface area contributed by atoms with E-state index < -0.39 is 16.9 Å². The molecule has 1 rings (SSSR count). The minimum Gasteiger partial charge on any atom is -0.467 e. The zero-order valence-electron chi connectivity index (χ0n) is 12.0. The number of esters is 1. The van der Waals surface area contributed by atoms with Crippen molar-refractivity contribution in [3.63, 3.8) is 0 Å². The van der Waals surface area contributed by atoms with Crippen LogP contribution in [0.15, 0.2) is 12.3 Å². The number of aromatic nitrogens is 1. The molecule has 0 saturated carbocycles. The first-order valence-electron chi connectivity index (χ1n) is 6.28. The molecule has 1 aromatic rings. The molecule has 1 atom stereocenters. The molecule has 8 heteroatoms. The van der Waals surface area contributed by atoms with E-state index in [1.54, 1.807) is 6.07 Å². The monoisotopic (exact) mass is 292 g/mol. The molecule has 0 aliphatic carbocycles. The highest BCUT2D eigenvalue weighted by molar-refractivity contribution is 5.79. The molecule has 0 aliphatic rings. The SMILES string of the molecule is COC(=O)C(CC(C)C)Nc1ncc(C#N)cc1[N+](=O)[O-]. The Morgan fingerprint density at radius 2 is 2.29 bits per heavy atom. The molecule has 0 fully saturated rings. The summed E-state index contributed by atoms with van der Waals surface area (Å²) in [5.41, 5.74) is -0.280. The van der Waals surface area contributed by atoms with Gasteiger partial charge in [-0.3, -0.25) is 10.1 Å². The fourth-order valence-electron chi connectivity index (χ4n) is 1.76. The van der Waals surface area contributed by atoms with E-state index in [0.29, 0.717) is 6.42 Å². The molecular formula is C13H16N4O4. The molecule has 112 valence electrons. The highest BCUT2D eigenvalue weighted by atomic mass is 16.6. The topological polar surface area (TPSA) is 118 Å². The molecule has 1 aromatic heterocycles. The predicted octanol–water partition coefficient (Wildman–Crippen LogP) is 1.86. The van der Waals surface area contributed by atoms with Crippen LogP contribution in [0.3, 0.4) is 0 Å². The van der Waals surface area contributed by atoms with Gasteiger partial charge in [-0.2, -0.15) is 5.26 Å². The Morgan fingerprint density at radius 3 is 2.76 bits per heavy atom. The normalized spacial score (nSPS) is 11.6. The van der Waals surface area contributed by atoms with E-state index in [2.05, 4.69) is 15.0 Å². The van der Waals surface area contributed by atoms with E-state index >= 15 is 0 Å². The predicted molar refractivity (Wildman–Crippen MR) is 74.5 cm³/mol. The number of nitrogens with zero attached hydrogens (tertiary/aromatic N) is 3. The van der Waals surface area contributed by atoms with Gasteiger partial charge in [0.15, 0.2) is 0 Å². The van der Waals surface area contributed by atoms with Crippen molar-refractivity contribution < 1.29 is 14.5 Å². The summed E-state index contributed by atoms with van der Waals surface area (Å²) in [6, 6.07) is 2.15. The Balaban J connectivity index is 3.11. The van der Waals surface area contributed by atoms with Crippen LogP contribution in [0.5, 0.6) is 0 Å². The molecule has 0 bridgehead atoms. The molecule has 8 nitrogen and oxygen atoms in total. The first-order valence-corrected chi connectivity index (χ1v) is 6.28. The quantitative estimate of drug-likeness (QED) is 0.483. The van der Waals surface area contributed by atoms with Crippen molar-refractivity contribution in [2.75, 3.05) is 12.4 Å². The molecule has 0 aliphatic heterocycles. The molecule has 0 saturated heterocycles. The molecule has 0 radical (unpaired) electrons. The van der Waals surface area contributed by atoms with Crippen LogP contribution in [0.1, 0.15) is 25.8 Å². The third-order valence-electron chi connectivity index (χ3n) is 2.70. The second kappa shape index (κ2) is 7.19. The number of carbonyl (C=O) groups is 1. The second-order valence-electron chi connectivity index (χ2n) is 4.81. The van der Waals surface area contributed by atoms with Crippen LogP contribution < -0.4 is 5.32 Å². The fourth-order valence-corrected chi connectivity index (χ4v) is 1.76. The lowest BCUT2D eigenvalue weighted by Crippen LogP contribution is -2.32. The van der Waals surface area contributed by atoms with Crippen molar-refractivity contribution in [3.05, 3.63) is 27.9 Å². The molecule has 1 heterocycles. The second-order valence-corrected chi connectivity index (χ2v) is 4.81. The third kappa shape index (κ3) is 4.42. The molecule has 0 amide bonds. The van der Waals surface area contributed by atoms with Crippen molar-refractivity contribution in [1.82, 2.24) is 4.98 Å². The summed E-state index contributed by atoms with van der Waals surface area (Å²) in [4.78, 5) is 26.0. The van der Waals surface area contributed by atoms with E-state index in [4.69, 9.17) is 5.26 Å². The molecule has 1 N–H and O–H groups in total. The number of ether oxygens (including phenoxy) is 1. The lowest BCUT2D eigenvalue weighted by molar-refractivity contribution is -0.384. The maximum Gasteiger partial charge on any atom is 0.328 e. The summed E-state index contributed by atoms with van der Waals surface area (Å²) >= 11 is 0. The number of pyridine rings is 1. The molecular weight excluding hydrogens is 276 g/mol. The number of hydrogen-bond acceptors (Lipinski definition) is 7. The first-order chi connectivity index (χ1) is 9.88. The number of nitro groups is 1. The van der Waals surface area contributed by atoms with Crippen molar-refractivity contribution in [1.29, 1.82) is 5.26 Å². The van der Waals surface area contributed by atoms with Crippen molar-refractivity contribution >= 4 is 17.5 Å². The molecule has 0 spiro atoms. The van der Waals surface area contributed by atoms with Gasteiger partial charge in [0.2, 0.25) is 5.82 Å². The summed E-state index contributed by atoms with van der Waals surface area (Å²) in [5.74, 6) is -0.404. The van der Waals surface area contributed by atoms with Crippen LogP contribution in [0.2, 0.25) is 0 Å². The largest absolute Gasteiger partial charge is 0.467 e. The van der Waals surface area contributed by atoms with Crippen molar-refractivity contribution in [3.8, 4) is 6.07 Å². The minimum absolute atomic E-state index is 0.0601. The lowest BCUT2D eigenvalue weighted by atomic mass is 10.0. The van der Waals surface area contributed by atoms with Crippen molar-refractivity contribution in [2.45, 2.75) is 26.3 Å². The van der Waals surface area contributed by atoms with Gasteiger partial charge in [0.1, 0.15) is 12.1 Å². The number of methoxy groups -OCH3 is 1. The van der Waals surface area contributed by atoms with E-state index in [0.717, 1.165) is 6.07 Å². The average molecular weight is 292 g/mol. The van der Waals surface area contributed by atoms with Crippen LogP contribution in [0, 0.1) is 27.4 Å². The number of nitriles is 1. The maximum absolute atomic E-state index is 11.7. The summed E-state index contributed by atoms with van der Waals surface area (Å²) < 4.78 is 4.68. The molecule has 21 heavy (non-hydrogen) atoms. The van der Waals surface area contributed by atoms with Crippen LogP contribution in [0.4, 0.5) is 11.5 Å². The van der Waals surface area contributed by atoms with E-state index in [9.17, 15) is 14.9 Å². The van der Waals surface area contributed by atoms with E-state index in [1.165, 1.54) is 13.3 Å². The summed E-state index contributed by atoms with van der Waals surface area (Å²) in [5, 5.41) is 22.5. The van der Waals surface area contributed by atoms with Crippen LogP contribution in [-0.4, -0.2) is 29.0 Å². The minimum atomic E-state index is -0.742. The van der Waals surface area contributed by atoms with Gasteiger partial charge in [0.25, 0.3) is 0 Å². The third-order valence-corrected chi connectivity index (χ3v) is 2.70. The zero-order chi connectivity index (χ0) is 16.0. The summed E-state index contributed by atoms with van der Waals surface area (Å²) in [6.07, 6.45) is 1.64. The van der Waals surface area contributed by atoms with Gasteiger partial charge in [0.05, 0.1) is 17.6 Å². The van der Waals surface area contributed by atoms with Crippen molar-refractivity contribution in [2.24, 2.45) is 5.92 Å². The Labute approximate surface area is 121 Å². The first kappa shape index (κ1) is 16.4. The van der Waals surface area contributed by atoms with Gasteiger partial charge in [-0.1, -0.05) is 13.8 Å². The van der Waals surface area contributed by atoms with Gasteiger partial charge in [-0.25, -0.2) is 9.78 Å². The summed E-state index contributed by atoms with van der Waals surface area (Å²) in [6.45, 7) is 3.83. The van der Waals surface area contributed by atoms with Gasteiger partial charge < -0.3 is 10.1 Å². The highest BCUT2D eigenvalue weighted by Crippen LogP contribution is 2.24. The van der Waals surface area contributed by atoms with Gasteiger partial charge in [-0.15, -0.1) is 0 Å². The van der Waals surface area contributed by atoms with Crippen LogP contribution in [0.25, 0.3) is 0 Å². The van der Waals surface area contributed by atoms with Crippen LogP contribution >= 0.6 is 0 Å². The van der Waals surface area contributed by atoms with E-state index in [-0.39, 0.29) is 23.0 Å². The molecule has 0 aromatic carbocycles. The number of nitrogens with one attached hydrogen (secondary N) is 1. The Bertz CT molecular complexity index is 580. The maximum atomic E-state index is 11.7. The Morgan fingerprint density at radius 1 is 1.62 bits per heavy atom. The van der Waals surface area contributed by atoms with Gasteiger partial charge in [0, 0.05) is 12.3 Å². The number of rotatable bonds is 6. The zero-order valence-corrected chi connectivity index (χ0v) is 12.0.